The fourth-order valence-corrected chi connectivity index (χ4v) is 10.5. The van der Waals surface area contributed by atoms with Crippen LogP contribution in [0.15, 0.2) is 22.3 Å². The van der Waals surface area contributed by atoms with E-state index in [0.717, 1.165) is 0 Å². The first-order valence-electron chi connectivity index (χ1n) is 16.1. The van der Waals surface area contributed by atoms with E-state index in [1.54, 1.807) is 13.8 Å². The minimum absolute atomic E-state index is 0.171. The maximum absolute atomic E-state index is 13.8. The summed E-state index contributed by atoms with van der Waals surface area (Å²) in [6.45, 7) is 13.9. The molecule has 44 heavy (non-hydrogen) atoms. The summed E-state index contributed by atoms with van der Waals surface area (Å²) in [5.41, 5.74) is -3.01. The van der Waals surface area contributed by atoms with Gasteiger partial charge >= 0.3 is 23.9 Å². The highest BCUT2D eigenvalue weighted by molar-refractivity contribution is 5.97. The molecule has 12 atom stereocenters. The average molecular weight is 615 g/mol. The third-order valence-electron chi connectivity index (χ3n) is 13.3. The molecule has 2 heterocycles. The summed E-state index contributed by atoms with van der Waals surface area (Å²) in [5.74, 6) is -3.11. The Morgan fingerprint density at radius 3 is 1.36 bits per heavy atom. The van der Waals surface area contributed by atoms with Crippen molar-refractivity contribution < 1.29 is 48.3 Å². The zero-order valence-electron chi connectivity index (χ0n) is 27.0. The van der Waals surface area contributed by atoms with Crippen molar-refractivity contribution in [2.24, 2.45) is 34.5 Å². The Bertz CT molecular complexity index is 1290. The lowest BCUT2D eigenvalue weighted by atomic mass is 9.43. The second-order valence-electron chi connectivity index (χ2n) is 14.9. The van der Waals surface area contributed by atoms with E-state index in [9.17, 15) is 29.4 Å². The van der Waals surface area contributed by atoms with Gasteiger partial charge in [-0.05, 0) is 76.0 Å². The standard InChI is InChI=1S/C34H46O10/c1-15-25-27(41-19(5)35)31(7)17(3)23(37)11-9-21(31)13-33(25,43-29(15)39)34-14-22-10-12-24(38)18(4)32(22,8)28(42-20(6)36)26(34)16(2)30(40)44-34/h17-18,21-24,27-28,37-38H,9-14H2,1-8H3/t17-,18-,21+,22+,23-,24-,27+,28+,31+,32+,33-,34-/m0/s1. The number of hydrogen-bond acceptors (Lipinski definition) is 10. The minimum atomic E-state index is -1.53. The van der Waals surface area contributed by atoms with Gasteiger partial charge in [0.05, 0.1) is 12.2 Å². The van der Waals surface area contributed by atoms with Crippen molar-refractivity contribution >= 4 is 23.9 Å². The molecule has 2 N–H and O–H groups in total. The number of aliphatic hydroxyl groups excluding tert-OH is 2. The van der Waals surface area contributed by atoms with E-state index in [2.05, 4.69) is 0 Å². The minimum Gasteiger partial charge on any atom is -0.457 e. The van der Waals surface area contributed by atoms with Gasteiger partial charge in [0.15, 0.2) is 11.2 Å². The number of ether oxygens (including phenoxy) is 4. The predicted octanol–water partition coefficient (Wildman–Crippen LogP) is 3.71. The van der Waals surface area contributed by atoms with Gasteiger partial charge in [-0.25, -0.2) is 9.59 Å². The Morgan fingerprint density at radius 2 is 1.05 bits per heavy atom. The van der Waals surface area contributed by atoms with E-state index in [1.165, 1.54) is 13.8 Å². The van der Waals surface area contributed by atoms with Gasteiger partial charge in [0.2, 0.25) is 0 Å². The van der Waals surface area contributed by atoms with Crippen LogP contribution in [0, 0.1) is 34.5 Å². The quantitative estimate of drug-likeness (QED) is 0.356. The van der Waals surface area contributed by atoms with E-state index in [-0.39, 0.29) is 36.5 Å². The van der Waals surface area contributed by atoms with Crippen LogP contribution < -0.4 is 0 Å². The summed E-state index contributed by atoms with van der Waals surface area (Å²) in [6, 6.07) is 0. The summed E-state index contributed by atoms with van der Waals surface area (Å²) in [7, 11) is 0. The fraction of sp³-hybridized carbons (Fsp3) is 0.765. The largest absolute Gasteiger partial charge is 0.457 e. The smallest absolute Gasteiger partial charge is 0.335 e. The number of rotatable bonds is 3. The van der Waals surface area contributed by atoms with Crippen LogP contribution in [0.5, 0.6) is 0 Å². The molecule has 6 rings (SSSR count). The van der Waals surface area contributed by atoms with Crippen LogP contribution in [-0.2, 0) is 38.1 Å². The number of carbonyl (C=O) groups excluding carboxylic acids is 4. The molecule has 0 spiro atoms. The SMILES string of the molecule is CC(=O)O[C@@H]1C2=C(C)C(=O)O[C@@]2([C@]23C[C@H]4CC[C@H](O)[C@H](C)[C@@]4(C)[C@H](OC(C)=O)C2=C(C)C(=O)O3)C[C@H]2CC[C@H](O)[C@H](C)[C@]21C. The first kappa shape index (κ1) is 31.3. The van der Waals surface area contributed by atoms with Crippen LogP contribution >= 0.6 is 0 Å². The van der Waals surface area contributed by atoms with Crippen molar-refractivity contribution in [3.05, 3.63) is 22.3 Å². The van der Waals surface area contributed by atoms with Gasteiger partial charge in [0.25, 0.3) is 0 Å². The predicted molar refractivity (Wildman–Crippen MR) is 155 cm³/mol. The van der Waals surface area contributed by atoms with Gasteiger partial charge in [-0.3, -0.25) is 9.59 Å². The summed E-state index contributed by atoms with van der Waals surface area (Å²) < 4.78 is 25.4. The normalized spacial score (nSPS) is 48.0. The van der Waals surface area contributed by atoms with Crippen molar-refractivity contribution in [3.63, 3.8) is 0 Å². The third kappa shape index (κ3) is 3.73. The molecule has 6 aliphatic rings. The molecule has 242 valence electrons. The second-order valence-corrected chi connectivity index (χ2v) is 14.9. The first-order valence-corrected chi connectivity index (χ1v) is 16.1. The van der Waals surface area contributed by atoms with Gasteiger partial charge in [-0.15, -0.1) is 0 Å². The van der Waals surface area contributed by atoms with Crippen molar-refractivity contribution in [2.45, 2.75) is 130 Å². The van der Waals surface area contributed by atoms with Gasteiger partial charge in [0.1, 0.15) is 12.2 Å². The summed E-state index contributed by atoms with van der Waals surface area (Å²) >= 11 is 0. The van der Waals surface area contributed by atoms with Crippen molar-refractivity contribution in [3.8, 4) is 0 Å². The van der Waals surface area contributed by atoms with Gasteiger partial charge in [-0.1, -0.05) is 27.7 Å². The molecule has 4 fully saturated rings. The van der Waals surface area contributed by atoms with Crippen LogP contribution in [0.3, 0.4) is 0 Å². The molecule has 0 amide bonds. The molecule has 0 unspecified atom stereocenters. The van der Waals surface area contributed by atoms with Crippen LogP contribution in [0.25, 0.3) is 0 Å². The number of aliphatic hydroxyl groups is 2. The molecule has 0 bridgehead atoms. The molecule has 0 radical (unpaired) electrons. The Kier molecular flexibility index (Phi) is 7.03. The van der Waals surface area contributed by atoms with E-state index in [0.29, 0.717) is 48.0 Å². The second kappa shape index (κ2) is 9.89. The summed E-state index contributed by atoms with van der Waals surface area (Å²) in [6.07, 6.45) is -0.315. The Labute approximate surface area is 258 Å². The van der Waals surface area contributed by atoms with Crippen molar-refractivity contribution in [1.82, 2.24) is 0 Å². The molecular formula is C34H46O10. The molecule has 4 saturated carbocycles. The van der Waals surface area contributed by atoms with E-state index in [4.69, 9.17) is 18.9 Å². The van der Waals surface area contributed by atoms with E-state index < -0.39 is 70.3 Å². The zero-order chi connectivity index (χ0) is 32.3. The lowest BCUT2D eigenvalue weighted by Crippen LogP contribution is -2.72. The Hall–Kier alpha value is -2.72. The van der Waals surface area contributed by atoms with Crippen LogP contribution in [0.1, 0.15) is 93.9 Å². The number of fused-ring (bicyclic) bond motifs is 5. The molecule has 10 heteroatoms. The van der Waals surface area contributed by atoms with Gasteiger partial charge in [0, 0.05) is 47.0 Å². The van der Waals surface area contributed by atoms with Crippen LogP contribution in [-0.4, -0.2) is 69.7 Å². The number of carbonyl (C=O) groups is 4. The highest BCUT2D eigenvalue weighted by Crippen LogP contribution is 2.71. The van der Waals surface area contributed by atoms with Crippen LogP contribution in [0.2, 0.25) is 0 Å². The van der Waals surface area contributed by atoms with Gasteiger partial charge in [-0.2, -0.15) is 0 Å². The zero-order valence-corrected chi connectivity index (χ0v) is 27.0. The summed E-state index contributed by atoms with van der Waals surface area (Å²) in [5, 5.41) is 22.1. The highest BCUT2D eigenvalue weighted by Gasteiger charge is 2.79. The molecule has 0 aromatic carbocycles. The van der Waals surface area contributed by atoms with Crippen molar-refractivity contribution in [1.29, 1.82) is 0 Å². The monoisotopic (exact) mass is 614 g/mol. The molecular weight excluding hydrogens is 568 g/mol. The Morgan fingerprint density at radius 1 is 0.705 bits per heavy atom. The fourth-order valence-electron chi connectivity index (χ4n) is 10.5. The Balaban J connectivity index is 1.64. The van der Waals surface area contributed by atoms with E-state index in [1.807, 2.05) is 27.7 Å². The molecule has 2 aliphatic heterocycles. The lowest BCUT2D eigenvalue weighted by Gasteiger charge is -2.65. The first-order chi connectivity index (χ1) is 20.5. The molecule has 0 saturated heterocycles. The molecule has 0 aromatic heterocycles. The third-order valence-corrected chi connectivity index (χ3v) is 13.3. The molecule has 10 nitrogen and oxygen atoms in total. The number of esters is 4. The topological polar surface area (TPSA) is 146 Å². The van der Waals surface area contributed by atoms with Crippen LogP contribution in [0.4, 0.5) is 0 Å². The maximum atomic E-state index is 13.8. The average Bonchev–Trinajstić information content (AvgIpc) is 3.36. The summed E-state index contributed by atoms with van der Waals surface area (Å²) in [4.78, 5) is 53.1. The molecule has 4 aliphatic carbocycles. The highest BCUT2D eigenvalue weighted by atomic mass is 16.6. The van der Waals surface area contributed by atoms with E-state index >= 15 is 0 Å². The lowest BCUT2D eigenvalue weighted by molar-refractivity contribution is -0.243. The molecule has 0 aromatic rings. The van der Waals surface area contributed by atoms with Crippen molar-refractivity contribution in [2.75, 3.05) is 0 Å². The number of hydrogen-bond donors (Lipinski definition) is 2. The van der Waals surface area contributed by atoms with Gasteiger partial charge < -0.3 is 29.2 Å². The maximum Gasteiger partial charge on any atom is 0.335 e.